The number of nitrogens with two attached hydrogens (primary N) is 1. The van der Waals surface area contributed by atoms with Gasteiger partial charge in [-0.1, -0.05) is 24.7 Å². The molecular weight excluding hydrogens is 269 g/mol. The van der Waals surface area contributed by atoms with Gasteiger partial charge >= 0.3 is 6.03 Å². The average molecular weight is 289 g/mol. The molecule has 1 aromatic carbocycles. The number of nitrogens with one attached hydrogen (secondary N) is 1. The number of carbonyl (C=O) groups excluding carboxylic acids is 1. The molecule has 5 heteroatoms. The number of nitrogens with zero attached hydrogens (tertiary/aromatic N) is 1. The molecular formula is C16H20FN3O. The van der Waals surface area contributed by atoms with Crippen LogP contribution in [-0.4, -0.2) is 30.6 Å². The maximum Gasteiger partial charge on any atom is 0.321 e. The molecule has 0 atom stereocenters. The molecule has 2 amide bonds. The smallest absolute Gasteiger partial charge is 0.321 e. The van der Waals surface area contributed by atoms with Crippen molar-refractivity contribution in [2.75, 3.05) is 25.0 Å². The third-order valence-corrected chi connectivity index (χ3v) is 3.44. The molecule has 0 aliphatic carbocycles. The van der Waals surface area contributed by atoms with Gasteiger partial charge in [-0.2, -0.15) is 0 Å². The maximum absolute atomic E-state index is 13.3. The molecule has 3 N–H and O–H groups in total. The van der Waals surface area contributed by atoms with Gasteiger partial charge in [0.15, 0.2) is 0 Å². The van der Waals surface area contributed by atoms with E-state index in [0.717, 1.165) is 38.8 Å². The lowest BCUT2D eigenvalue weighted by Gasteiger charge is -2.21. The molecule has 0 radical (unpaired) electrons. The molecule has 0 aromatic heterocycles. The number of rotatable bonds is 1. The summed E-state index contributed by atoms with van der Waals surface area (Å²) >= 11 is 0. The summed E-state index contributed by atoms with van der Waals surface area (Å²) in [5.74, 6) is 5.08. The molecule has 1 aliphatic heterocycles. The van der Waals surface area contributed by atoms with Crippen molar-refractivity contribution in [2.24, 2.45) is 5.73 Å². The van der Waals surface area contributed by atoms with Crippen LogP contribution < -0.4 is 11.1 Å². The molecule has 0 bridgehead atoms. The molecule has 1 saturated heterocycles. The van der Waals surface area contributed by atoms with Gasteiger partial charge in [0.1, 0.15) is 5.82 Å². The Morgan fingerprint density at radius 3 is 2.67 bits per heavy atom. The highest BCUT2D eigenvalue weighted by molar-refractivity contribution is 5.91. The highest BCUT2D eigenvalue weighted by atomic mass is 19.1. The fourth-order valence-electron chi connectivity index (χ4n) is 2.34. The number of hydrogen-bond donors (Lipinski definition) is 2. The van der Waals surface area contributed by atoms with Crippen molar-refractivity contribution in [1.82, 2.24) is 4.90 Å². The average Bonchev–Trinajstić information content (AvgIpc) is 2.76. The van der Waals surface area contributed by atoms with E-state index in [4.69, 9.17) is 5.73 Å². The van der Waals surface area contributed by atoms with Crippen molar-refractivity contribution in [2.45, 2.75) is 25.7 Å². The molecule has 0 unspecified atom stereocenters. The van der Waals surface area contributed by atoms with Crippen LogP contribution in [0.3, 0.4) is 0 Å². The second-order valence-electron chi connectivity index (χ2n) is 5.03. The number of hydrogen-bond acceptors (Lipinski definition) is 2. The normalized spacial score (nSPS) is 14.9. The number of anilines is 1. The summed E-state index contributed by atoms with van der Waals surface area (Å²) in [4.78, 5) is 14.1. The molecule has 1 fully saturated rings. The van der Waals surface area contributed by atoms with E-state index < -0.39 is 0 Å². The fraction of sp³-hybridized carbons (Fsp3) is 0.438. The largest absolute Gasteiger partial charge is 0.325 e. The zero-order chi connectivity index (χ0) is 15.1. The van der Waals surface area contributed by atoms with E-state index in [1.54, 1.807) is 4.90 Å². The number of likely N-dealkylation sites (tertiary alicyclic amines) is 1. The third kappa shape index (κ3) is 4.47. The lowest BCUT2D eigenvalue weighted by Crippen LogP contribution is -2.35. The predicted molar refractivity (Wildman–Crippen MR) is 81.4 cm³/mol. The minimum absolute atomic E-state index is 0.153. The molecule has 112 valence electrons. The Morgan fingerprint density at radius 1 is 1.29 bits per heavy atom. The first-order valence-corrected chi connectivity index (χ1v) is 7.25. The van der Waals surface area contributed by atoms with Crippen molar-refractivity contribution in [3.8, 4) is 11.8 Å². The summed E-state index contributed by atoms with van der Waals surface area (Å²) in [7, 11) is 0. The Balaban J connectivity index is 2.12. The Morgan fingerprint density at radius 2 is 2.00 bits per heavy atom. The zero-order valence-electron chi connectivity index (χ0n) is 12.0. The highest BCUT2D eigenvalue weighted by Gasteiger charge is 2.16. The second-order valence-corrected chi connectivity index (χ2v) is 5.03. The van der Waals surface area contributed by atoms with Crippen LogP contribution in [0.25, 0.3) is 0 Å². The standard InChI is InChI=1S/C16H20FN3O/c17-14-7-8-15(13(12-14)6-5-9-18)19-16(21)20-10-3-1-2-4-11-20/h7-8,12H,1-4,9-11,18H2,(H,19,21). The number of amides is 2. The van der Waals surface area contributed by atoms with Crippen molar-refractivity contribution < 1.29 is 9.18 Å². The van der Waals surface area contributed by atoms with Crippen LogP contribution in [0.15, 0.2) is 18.2 Å². The molecule has 1 heterocycles. The number of halogens is 1. The van der Waals surface area contributed by atoms with Crippen LogP contribution in [0.4, 0.5) is 14.9 Å². The minimum atomic E-state index is -0.385. The van der Waals surface area contributed by atoms with Gasteiger partial charge in [0.2, 0.25) is 0 Å². The summed E-state index contributed by atoms with van der Waals surface area (Å²) in [6.07, 6.45) is 4.37. The molecule has 0 saturated carbocycles. The fourth-order valence-corrected chi connectivity index (χ4v) is 2.34. The zero-order valence-corrected chi connectivity index (χ0v) is 12.0. The quantitative estimate of drug-likeness (QED) is 0.781. The Bertz CT molecular complexity index is 554. The number of carbonyl (C=O) groups is 1. The minimum Gasteiger partial charge on any atom is -0.325 e. The van der Waals surface area contributed by atoms with Crippen LogP contribution in [0, 0.1) is 17.7 Å². The van der Waals surface area contributed by atoms with Gasteiger partial charge < -0.3 is 16.0 Å². The van der Waals surface area contributed by atoms with Crippen molar-refractivity contribution >= 4 is 11.7 Å². The molecule has 4 nitrogen and oxygen atoms in total. The van der Waals surface area contributed by atoms with Gasteiger partial charge in [0.25, 0.3) is 0 Å². The van der Waals surface area contributed by atoms with Crippen LogP contribution in [0.1, 0.15) is 31.2 Å². The van der Waals surface area contributed by atoms with Gasteiger partial charge in [-0.3, -0.25) is 0 Å². The molecule has 21 heavy (non-hydrogen) atoms. The van der Waals surface area contributed by atoms with Crippen molar-refractivity contribution in [1.29, 1.82) is 0 Å². The Labute approximate surface area is 124 Å². The van der Waals surface area contributed by atoms with Crippen LogP contribution >= 0.6 is 0 Å². The summed E-state index contributed by atoms with van der Waals surface area (Å²) in [6, 6.07) is 4.00. The first kappa shape index (κ1) is 15.3. The first-order chi connectivity index (χ1) is 10.2. The van der Waals surface area contributed by atoms with E-state index >= 15 is 0 Å². The topological polar surface area (TPSA) is 58.4 Å². The number of urea groups is 1. The van der Waals surface area contributed by atoms with E-state index in [9.17, 15) is 9.18 Å². The van der Waals surface area contributed by atoms with Crippen molar-refractivity contribution in [3.05, 3.63) is 29.6 Å². The maximum atomic E-state index is 13.3. The van der Waals surface area contributed by atoms with E-state index in [2.05, 4.69) is 17.2 Å². The van der Waals surface area contributed by atoms with Gasteiger partial charge in [-0.05, 0) is 31.0 Å². The van der Waals surface area contributed by atoms with E-state index in [-0.39, 0.29) is 18.4 Å². The van der Waals surface area contributed by atoms with Gasteiger partial charge in [0.05, 0.1) is 17.8 Å². The van der Waals surface area contributed by atoms with Gasteiger partial charge in [0, 0.05) is 13.1 Å². The van der Waals surface area contributed by atoms with Gasteiger partial charge in [-0.25, -0.2) is 9.18 Å². The lowest BCUT2D eigenvalue weighted by molar-refractivity contribution is 0.214. The molecule has 1 aromatic rings. The lowest BCUT2D eigenvalue weighted by atomic mass is 10.1. The van der Waals surface area contributed by atoms with E-state index in [0.29, 0.717) is 11.3 Å². The van der Waals surface area contributed by atoms with Crippen LogP contribution in [-0.2, 0) is 0 Å². The summed E-state index contributed by atoms with van der Waals surface area (Å²) in [5.41, 5.74) is 6.30. The predicted octanol–water partition coefficient (Wildman–Crippen LogP) is 2.54. The van der Waals surface area contributed by atoms with Gasteiger partial charge in [-0.15, -0.1) is 0 Å². The third-order valence-electron chi connectivity index (χ3n) is 3.44. The highest BCUT2D eigenvalue weighted by Crippen LogP contribution is 2.18. The summed E-state index contributed by atoms with van der Waals surface area (Å²) in [6.45, 7) is 1.71. The summed E-state index contributed by atoms with van der Waals surface area (Å²) in [5, 5.41) is 2.82. The molecule has 1 aliphatic rings. The van der Waals surface area contributed by atoms with Crippen LogP contribution in [0.5, 0.6) is 0 Å². The monoisotopic (exact) mass is 289 g/mol. The first-order valence-electron chi connectivity index (χ1n) is 7.25. The summed E-state index contributed by atoms with van der Waals surface area (Å²) < 4.78 is 13.3. The number of benzene rings is 1. The SMILES string of the molecule is NCC#Cc1cc(F)ccc1NC(=O)N1CCCCCC1. The van der Waals surface area contributed by atoms with Crippen LogP contribution in [0.2, 0.25) is 0 Å². The van der Waals surface area contributed by atoms with E-state index in [1.807, 2.05) is 0 Å². The molecule has 2 rings (SSSR count). The Kier molecular flexibility index (Phi) is 5.59. The van der Waals surface area contributed by atoms with E-state index in [1.165, 1.54) is 18.2 Å². The Hall–Kier alpha value is -2.06. The second kappa shape index (κ2) is 7.65. The molecule has 0 spiro atoms. The van der Waals surface area contributed by atoms with Crippen molar-refractivity contribution in [3.63, 3.8) is 0 Å².